The van der Waals surface area contributed by atoms with E-state index in [0.29, 0.717) is 36.7 Å². The Morgan fingerprint density at radius 3 is 2.62 bits per heavy atom. The molecule has 4 rings (SSSR count). The Morgan fingerprint density at radius 2 is 1.85 bits per heavy atom. The number of hydrogen-bond acceptors (Lipinski definition) is 5. The minimum atomic E-state index is -3.86. The standard InChI is InChI=1S/C26H28N2O5S/c1-4-15-33-25-16-18(2)9-11-22(25)27-26(29)21-17-20(10-12-24(21)32-3)34(30,31)28-14-13-19-7-5-6-8-23(19)28/h5-12,16-17H,4,13-15H2,1-3H3,(H,27,29). The molecule has 0 fully saturated rings. The molecule has 0 atom stereocenters. The summed E-state index contributed by atoms with van der Waals surface area (Å²) in [5.41, 5.74) is 3.28. The van der Waals surface area contributed by atoms with Crippen molar-refractivity contribution >= 4 is 27.3 Å². The summed E-state index contributed by atoms with van der Waals surface area (Å²) in [6.45, 7) is 4.82. The number of fused-ring (bicyclic) bond motifs is 1. The lowest BCUT2D eigenvalue weighted by Gasteiger charge is -2.20. The van der Waals surface area contributed by atoms with Gasteiger partial charge in [0.2, 0.25) is 0 Å². The third-order valence-corrected chi connectivity index (χ3v) is 7.50. The summed E-state index contributed by atoms with van der Waals surface area (Å²) < 4.78 is 39.5. The number of amides is 1. The number of aryl methyl sites for hydroxylation is 1. The van der Waals surface area contributed by atoms with Gasteiger partial charge >= 0.3 is 0 Å². The Kier molecular flexibility index (Phi) is 6.79. The minimum Gasteiger partial charge on any atom is -0.496 e. The molecular weight excluding hydrogens is 452 g/mol. The van der Waals surface area contributed by atoms with Crippen LogP contribution in [-0.2, 0) is 16.4 Å². The second-order valence-electron chi connectivity index (χ2n) is 8.12. The molecule has 7 nitrogen and oxygen atoms in total. The SMILES string of the molecule is CCCOc1cc(C)ccc1NC(=O)c1cc(S(=O)(=O)N2CCc3ccccc32)ccc1OC. The number of hydrogen-bond donors (Lipinski definition) is 1. The van der Waals surface area contributed by atoms with Crippen LogP contribution >= 0.6 is 0 Å². The number of nitrogens with zero attached hydrogens (tertiary/aromatic N) is 1. The topological polar surface area (TPSA) is 84.9 Å². The predicted molar refractivity (Wildman–Crippen MR) is 133 cm³/mol. The van der Waals surface area contributed by atoms with E-state index < -0.39 is 15.9 Å². The van der Waals surface area contributed by atoms with Crippen LogP contribution in [0.15, 0.2) is 65.6 Å². The molecule has 1 heterocycles. The molecule has 0 aliphatic carbocycles. The normalized spacial score (nSPS) is 12.9. The number of benzene rings is 3. The van der Waals surface area contributed by atoms with Crippen LogP contribution in [0.25, 0.3) is 0 Å². The van der Waals surface area contributed by atoms with Crippen LogP contribution in [0.1, 0.15) is 34.8 Å². The predicted octanol–water partition coefficient (Wildman–Crippen LogP) is 4.80. The molecule has 1 aliphatic rings. The highest BCUT2D eigenvalue weighted by atomic mass is 32.2. The summed E-state index contributed by atoms with van der Waals surface area (Å²) in [5.74, 6) is 0.356. The van der Waals surface area contributed by atoms with Crippen LogP contribution in [0.4, 0.5) is 11.4 Å². The van der Waals surface area contributed by atoms with Crippen LogP contribution in [0, 0.1) is 6.92 Å². The highest BCUT2D eigenvalue weighted by Gasteiger charge is 2.31. The van der Waals surface area contributed by atoms with E-state index in [4.69, 9.17) is 9.47 Å². The van der Waals surface area contributed by atoms with E-state index >= 15 is 0 Å². The van der Waals surface area contributed by atoms with Crippen molar-refractivity contribution in [2.75, 3.05) is 29.9 Å². The second kappa shape index (κ2) is 9.77. The number of rotatable bonds is 8. The smallest absolute Gasteiger partial charge is 0.264 e. The van der Waals surface area contributed by atoms with E-state index in [1.807, 2.05) is 44.2 Å². The molecule has 0 aromatic heterocycles. The Bertz CT molecular complexity index is 1320. The van der Waals surface area contributed by atoms with Gasteiger partial charge in [-0.3, -0.25) is 9.10 Å². The van der Waals surface area contributed by atoms with Crippen LogP contribution in [0.2, 0.25) is 0 Å². The zero-order valence-electron chi connectivity index (χ0n) is 19.5. The molecule has 0 unspecified atom stereocenters. The highest BCUT2D eigenvalue weighted by molar-refractivity contribution is 7.92. The van der Waals surface area contributed by atoms with Crippen LogP contribution in [0.5, 0.6) is 11.5 Å². The molecule has 3 aromatic carbocycles. The minimum absolute atomic E-state index is 0.0292. The van der Waals surface area contributed by atoms with Crippen LogP contribution in [-0.4, -0.2) is 34.6 Å². The van der Waals surface area contributed by atoms with E-state index in [0.717, 1.165) is 17.5 Å². The first-order chi connectivity index (χ1) is 16.3. The number of ether oxygens (including phenoxy) is 2. The van der Waals surface area contributed by atoms with E-state index in [-0.39, 0.29) is 16.2 Å². The Balaban J connectivity index is 1.67. The second-order valence-corrected chi connectivity index (χ2v) is 9.98. The van der Waals surface area contributed by atoms with Gasteiger partial charge in [0.15, 0.2) is 0 Å². The number of carbonyl (C=O) groups is 1. The summed E-state index contributed by atoms with van der Waals surface area (Å²) in [6, 6.07) is 17.3. The molecule has 0 saturated carbocycles. The number of para-hydroxylation sites is 1. The molecule has 0 bridgehead atoms. The highest BCUT2D eigenvalue weighted by Crippen LogP contribution is 2.34. The summed E-state index contributed by atoms with van der Waals surface area (Å²) in [5, 5.41) is 2.85. The summed E-state index contributed by atoms with van der Waals surface area (Å²) >= 11 is 0. The van der Waals surface area contributed by atoms with Crippen molar-refractivity contribution in [2.24, 2.45) is 0 Å². The number of nitrogens with one attached hydrogen (secondary N) is 1. The van der Waals surface area contributed by atoms with Crippen LogP contribution in [0.3, 0.4) is 0 Å². The maximum absolute atomic E-state index is 13.5. The van der Waals surface area contributed by atoms with Gasteiger partial charge < -0.3 is 14.8 Å². The first-order valence-corrected chi connectivity index (χ1v) is 12.6. The molecule has 3 aromatic rings. The van der Waals surface area contributed by atoms with Gasteiger partial charge in [0.25, 0.3) is 15.9 Å². The average molecular weight is 481 g/mol. The molecule has 178 valence electrons. The third kappa shape index (κ3) is 4.59. The number of methoxy groups -OCH3 is 1. The van der Waals surface area contributed by atoms with Gasteiger partial charge in [-0.1, -0.05) is 31.2 Å². The molecule has 1 amide bonds. The van der Waals surface area contributed by atoms with Crippen molar-refractivity contribution in [3.8, 4) is 11.5 Å². The van der Waals surface area contributed by atoms with E-state index in [1.165, 1.54) is 29.6 Å². The lowest BCUT2D eigenvalue weighted by molar-refractivity contribution is 0.102. The maximum atomic E-state index is 13.5. The molecule has 1 aliphatic heterocycles. The molecule has 1 N–H and O–H groups in total. The van der Waals surface area contributed by atoms with Gasteiger partial charge in [-0.05, 0) is 67.3 Å². The van der Waals surface area contributed by atoms with Gasteiger partial charge in [-0.2, -0.15) is 0 Å². The monoisotopic (exact) mass is 480 g/mol. The van der Waals surface area contributed by atoms with Gasteiger partial charge in [0.1, 0.15) is 11.5 Å². The molecule has 0 saturated heterocycles. The summed E-state index contributed by atoms with van der Waals surface area (Å²) in [4.78, 5) is 13.3. The van der Waals surface area contributed by atoms with E-state index in [9.17, 15) is 13.2 Å². The average Bonchev–Trinajstić information content (AvgIpc) is 3.28. The molecule has 8 heteroatoms. The number of sulfonamides is 1. The molecule has 34 heavy (non-hydrogen) atoms. The van der Waals surface area contributed by atoms with Gasteiger partial charge in [0.05, 0.1) is 35.6 Å². The van der Waals surface area contributed by atoms with Gasteiger partial charge in [-0.15, -0.1) is 0 Å². The Hall–Kier alpha value is -3.52. The quantitative estimate of drug-likeness (QED) is 0.501. The first kappa shape index (κ1) is 23.6. The molecular formula is C26H28N2O5S. The van der Waals surface area contributed by atoms with E-state index in [1.54, 1.807) is 12.1 Å². The fourth-order valence-electron chi connectivity index (χ4n) is 3.96. The zero-order chi connectivity index (χ0) is 24.3. The Morgan fingerprint density at radius 1 is 1.06 bits per heavy atom. The number of anilines is 2. The fourth-order valence-corrected chi connectivity index (χ4v) is 5.49. The van der Waals surface area contributed by atoms with Crippen molar-refractivity contribution in [3.63, 3.8) is 0 Å². The third-order valence-electron chi connectivity index (χ3n) is 5.70. The fraction of sp³-hybridized carbons (Fsp3) is 0.269. The van der Waals surface area contributed by atoms with Gasteiger partial charge in [-0.25, -0.2) is 8.42 Å². The Labute approximate surface area is 200 Å². The van der Waals surface area contributed by atoms with Crippen molar-refractivity contribution in [1.82, 2.24) is 0 Å². The van der Waals surface area contributed by atoms with Crippen molar-refractivity contribution in [3.05, 3.63) is 77.4 Å². The van der Waals surface area contributed by atoms with Crippen molar-refractivity contribution in [2.45, 2.75) is 31.6 Å². The number of carbonyl (C=O) groups excluding carboxylic acids is 1. The maximum Gasteiger partial charge on any atom is 0.264 e. The lowest BCUT2D eigenvalue weighted by Crippen LogP contribution is -2.29. The van der Waals surface area contributed by atoms with E-state index in [2.05, 4.69) is 5.32 Å². The molecule has 0 spiro atoms. The lowest BCUT2D eigenvalue weighted by atomic mass is 10.1. The largest absolute Gasteiger partial charge is 0.496 e. The molecule has 0 radical (unpaired) electrons. The van der Waals surface area contributed by atoms with Crippen molar-refractivity contribution < 1.29 is 22.7 Å². The summed E-state index contributed by atoms with van der Waals surface area (Å²) in [7, 11) is -2.42. The summed E-state index contributed by atoms with van der Waals surface area (Å²) in [6.07, 6.45) is 1.47. The first-order valence-electron chi connectivity index (χ1n) is 11.2. The van der Waals surface area contributed by atoms with Crippen molar-refractivity contribution in [1.29, 1.82) is 0 Å². The van der Waals surface area contributed by atoms with Gasteiger partial charge in [0, 0.05) is 6.54 Å². The zero-order valence-corrected chi connectivity index (χ0v) is 20.3. The van der Waals surface area contributed by atoms with Crippen LogP contribution < -0.4 is 19.1 Å².